The molecule has 0 bridgehead atoms. The molecule has 0 unspecified atom stereocenters. The van der Waals surface area contributed by atoms with Gasteiger partial charge in [0.15, 0.2) is 11.5 Å². The van der Waals surface area contributed by atoms with Crippen LogP contribution in [-0.4, -0.2) is 16.1 Å². The molecular formula is C19H22N2O3. The third kappa shape index (κ3) is 4.78. The average molecular weight is 326 g/mol. The lowest BCUT2D eigenvalue weighted by molar-refractivity contribution is 0.0942. The fourth-order valence-corrected chi connectivity index (χ4v) is 2.17. The minimum absolute atomic E-state index is 0.249. The molecule has 0 aromatic heterocycles. The van der Waals surface area contributed by atoms with Gasteiger partial charge in [0.2, 0.25) is 0 Å². The second kappa shape index (κ2) is 8.62. The van der Waals surface area contributed by atoms with Crippen molar-refractivity contribution in [3.05, 3.63) is 65.7 Å². The van der Waals surface area contributed by atoms with Crippen LogP contribution in [0.2, 0.25) is 0 Å². The summed E-state index contributed by atoms with van der Waals surface area (Å²) in [7, 11) is 0. The van der Waals surface area contributed by atoms with Crippen molar-refractivity contribution in [1.29, 1.82) is 0 Å². The number of carbonyl (C=O) groups excluding carboxylic acids is 1. The van der Waals surface area contributed by atoms with Crippen molar-refractivity contribution in [2.45, 2.75) is 26.2 Å². The minimum Gasteiger partial charge on any atom is -0.504 e. The van der Waals surface area contributed by atoms with Crippen LogP contribution in [0.3, 0.4) is 0 Å². The number of hydrogen-bond acceptors (Lipinski definition) is 4. The molecule has 24 heavy (non-hydrogen) atoms. The number of phenolic OH excluding ortho intramolecular Hbond substituents is 2. The summed E-state index contributed by atoms with van der Waals surface area (Å²) >= 11 is 0. The molecule has 0 heterocycles. The number of carbonyl (C=O) groups is 1. The summed E-state index contributed by atoms with van der Waals surface area (Å²) in [6.07, 6.45) is 5.12. The number of phenols is 2. The fraction of sp³-hybridized carbons (Fsp3) is 0.211. The number of unbranched alkanes of at least 4 members (excludes halogenated alkanes) is 2. The summed E-state index contributed by atoms with van der Waals surface area (Å²) in [5.41, 5.74) is 7.61. The van der Waals surface area contributed by atoms with Gasteiger partial charge in [0.25, 0.3) is 5.91 Å². The number of hydrazine groups is 1. The predicted octanol–water partition coefficient (Wildman–Crippen LogP) is 3.56. The van der Waals surface area contributed by atoms with Crippen molar-refractivity contribution in [1.82, 2.24) is 10.9 Å². The van der Waals surface area contributed by atoms with E-state index in [1.54, 1.807) is 0 Å². The Kier molecular flexibility index (Phi) is 6.25. The van der Waals surface area contributed by atoms with E-state index in [1.807, 2.05) is 36.4 Å². The Balaban J connectivity index is 2.08. The first-order chi connectivity index (χ1) is 11.6. The van der Waals surface area contributed by atoms with Gasteiger partial charge >= 0.3 is 0 Å². The van der Waals surface area contributed by atoms with Gasteiger partial charge in [-0.15, -0.1) is 0 Å². The number of aromatic hydroxyl groups is 2. The zero-order valence-corrected chi connectivity index (χ0v) is 13.6. The molecule has 5 nitrogen and oxygen atoms in total. The van der Waals surface area contributed by atoms with E-state index in [4.69, 9.17) is 0 Å². The van der Waals surface area contributed by atoms with E-state index in [2.05, 4.69) is 17.8 Å². The van der Waals surface area contributed by atoms with Crippen LogP contribution in [0.5, 0.6) is 11.5 Å². The Labute approximate surface area is 141 Å². The number of benzene rings is 2. The van der Waals surface area contributed by atoms with Gasteiger partial charge in [-0.25, -0.2) is 0 Å². The van der Waals surface area contributed by atoms with Crippen molar-refractivity contribution in [3.63, 3.8) is 0 Å². The quantitative estimate of drug-likeness (QED) is 0.356. The van der Waals surface area contributed by atoms with Gasteiger partial charge in [-0.05, 0) is 36.6 Å². The Morgan fingerprint density at radius 3 is 2.42 bits per heavy atom. The molecule has 2 aromatic rings. The lowest BCUT2D eigenvalue weighted by Gasteiger charge is -2.13. The molecule has 4 N–H and O–H groups in total. The van der Waals surface area contributed by atoms with Gasteiger partial charge in [0, 0.05) is 5.56 Å². The van der Waals surface area contributed by atoms with Crippen molar-refractivity contribution < 1.29 is 15.0 Å². The van der Waals surface area contributed by atoms with Crippen LogP contribution < -0.4 is 10.9 Å². The third-order valence-electron chi connectivity index (χ3n) is 3.54. The third-order valence-corrected chi connectivity index (χ3v) is 3.54. The van der Waals surface area contributed by atoms with Crippen LogP contribution in [-0.2, 0) is 0 Å². The first kappa shape index (κ1) is 17.4. The Morgan fingerprint density at radius 2 is 1.75 bits per heavy atom. The van der Waals surface area contributed by atoms with Crippen molar-refractivity contribution in [3.8, 4) is 11.5 Å². The minimum atomic E-state index is -0.400. The second-order valence-electron chi connectivity index (χ2n) is 5.41. The largest absolute Gasteiger partial charge is 0.504 e. The molecule has 0 aliphatic carbocycles. The number of allylic oxidation sites excluding steroid dienone is 1. The highest BCUT2D eigenvalue weighted by atomic mass is 16.3. The smallest absolute Gasteiger partial charge is 0.269 e. The van der Waals surface area contributed by atoms with Crippen molar-refractivity contribution in [2.75, 3.05) is 0 Å². The molecular weight excluding hydrogens is 304 g/mol. The highest BCUT2D eigenvalue weighted by Gasteiger charge is 2.09. The van der Waals surface area contributed by atoms with Gasteiger partial charge in [-0.3, -0.25) is 15.6 Å². The van der Waals surface area contributed by atoms with Crippen LogP contribution >= 0.6 is 0 Å². The second-order valence-corrected chi connectivity index (χ2v) is 5.41. The van der Waals surface area contributed by atoms with E-state index in [0.29, 0.717) is 0 Å². The molecule has 0 fully saturated rings. The summed E-state index contributed by atoms with van der Waals surface area (Å²) < 4.78 is 0. The molecule has 0 atom stereocenters. The highest BCUT2D eigenvalue weighted by molar-refractivity contribution is 5.95. The molecule has 0 saturated carbocycles. The fourth-order valence-electron chi connectivity index (χ4n) is 2.17. The zero-order valence-electron chi connectivity index (χ0n) is 13.6. The number of hydrogen-bond donors (Lipinski definition) is 4. The zero-order chi connectivity index (χ0) is 17.4. The highest BCUT2D eigenvalue weighted by Crippen LogP contribution is 2.24. The van der Waals surface area contributed by atoms with Crippen molar-refractivity contribution >= 4 is 11.6 Å². The summed E-state index contributed by atoms with van der Waals surface area (Å²) in [5.74, 6) is -0.990. The normalized spacial score (nSPS) is 11.1. The molecule has 126 valence electrons. The number of amides is 1. The molecule has 2 aromatic carbocycles. The van der Waals surface area contributed by atoms with E-state index >= 15 is 0 Å². The van der Waals surface area contributed by atoms with E-state index in [1.165, 1.54) is 18.2 Å². The molecule has 0 radical (unpaired) electrons. The summed E-state index contributed by atoms with van der Waals surface area (Å²) in [5, 5.41) is 18.8. The maximum Gasteiger partial charge on any atom is 0.269 e. The van der Waals surface area contributed by atoms with Gasteiger partial charge in [0.05, 0.1) is 5.70 Å². The van der Waals surface area contributed by atoms with Gasteiger partial charge in [-0.2, -0.15) is 0 Å². The lowest BCUT2D eigenvalue weighted by atomic mass is 10.1. The number of nitrogens with one attached hydrogen (secondary N) is 2. The van der Waals surface area contributed by atoms with Crippen LogP contribution in [0.25, 0.3) is 5.70 Å². The summed E-state index contributed by atoms with van der Waals surface area (Å²) in [6, 6.07) is 13.7. The number of rotatable bonds is 7. The van der Waals surface area contributed by atoms with Crippen LogP contribution in [0.4, 0.5) is 0 Å². The average Bonchev–Trinajstić information content (AvgIpc) is 2.61. The first-order valence-corrected chi connectivity index (χ1v) is 7.95. The predicted molar refractivity (Wildman–Crippen MR) is 94.3 cm³/mol. The Morgan fingerprint density at radius 1 is 1.00 bits per heavy atom. The van der Waals surface area contributed by atoms with Crippen LogP contribution in [0.15, 0.2) is 54.6 Å². The van der Waals surface area contributed by atoms with Crippen LogP contribution in [0, 0.1) is 0 Å². The summed E-state index contributed by atoms with van der Waals surface area (Å²) in [6.45, 7) is 2.13. The molecule has 0 spiro atoms. The summed E-state index contributed by atoms with van der Waals surface area (Å²) in [4.78, 5) is 12.2. The van der Waals surface area contributed by atoms with E-state index in [-0.39, 0.29) is 17.1 Å². The maximum absolute atomic E-state index is 12.2. The molecule has 1 amide bonds. The standard InChI is InChI=1S/C19H22N2O3/c1-2-3-5-10-16(14-8-6-4-7-9-14)20-21-19(24)15-11-12-17(22)18(23)13-15/h4,6-13,20,22-23H,2-3,5H2,1H3,(H,21,24). The lowest BCUT2D eigenvalue weighted by Crippen LogP contribution is -2.36. The maximum atomic E-state index is 12.2. The molecule has 0 saturated heterocycles. The van der Waals surface area contributed by atoms with E-state index in [0.717, 1.165) is 30.5 Å². The van der Waals surface area contributed by atoms with E-state index < -0.39 is 5.91 Å². The van der Waals surface area contributed by atoms with Gasteiger partial charge in [-0.1, -0.05) is 49.8 Å². The van der Waals surface area contributed by atoms with E-state index in [9.17, 15) is 15.0 Å². The Hall–Kier alpha value is -2.95. The first-order valence-electron chi connectivity index (χ1n) is 7.95. The Bertz CT molecular complexity index is 712. The topological polar surface area (TPSA) is 81.6 Å². The molecule has 0 aliphatic heterocycles. The van der Waals surface area contributed by atoms with Crippen molar-refractivity contribution in [2.24, 2.45) is 0 Å². The monoisotopic (exact) mass is 326 g/mol. The molecule has 2 rings (SSSR count). The van der Waals surface area contributed by atoms with Gasteiger partial charge in [0.1, 0.15) is 0 Å². The SMILES string of the molecule is CCCCC=C(NNC(=O)c1ccc(O)c(O)c1)c1ccccc1. The molecule has 0 aliphatic rings. The molecule has 5 heteroatoms. The van der Waals surface area contributed by atoms with Gasteiger partial charge < -0.3 is 10.2 Å². The van der Waals surface area contributed by atoms with Crippen LogP contribution in [0.1, 0.15) is 42.1 Å².